The molecule has 0 amide bonds. The minimum atomic E-state index is -0.298. The molecule has 0 radical (unpaired) electrons. The molecule has 0 bridgehead atoms. The molecule has 5 heteroatoms. The van der Waals surface area contributed by atoms with Gasteiger partial charge in [0, 0.05) is 20.3 Å². The van der Waals surface area contributed by atoms with Crippen LogP contribution in [-0.4, -0.2) is 33.5 Å². The van der Waals surface area contributed by atoms with E-state index in [2.05, 4.69) is 15.9 Å². The molecule has 1 aromatic rings. The van der Waals surface area contributed by atoms with Crippen LogP contribution >= 0.6 is 15.9 Å². The maximum absolute atomic E-state index is 12.9. The fourth-order valence-corrected chi connectivity index (χ4v) is 1.55. The van der Waals surface area contributed by atoms with E-state index in [0.717, 1.165) is 6.42 Å². The molecule has 17 heavy (non-hydrogen) atoms. The summed E-state index contributed by atoms with van der Waals surface area (Å²) in [4.78, 5) is 0. The van der Waals surface area contributed by atoms with E-state index in [9.17, 15) is 4.39 Å². The highest BCUT2D eigenvalue weighted by atomic mass is 79.9. The number of ether oxygens (including phenoxy) is 3. The Bertz CT molecular complexity index is 334. The molecule has 0 fully saturated rings. The molecular weight excluding hydrogens is 291 g/mol. The smallest absolute Gasteiger partial charge is 0.137 e. The lowest BCUT2D eigenvalue weighted by atomic mass is 10.3. The zero-order valence-corrected chi connectivity index (χ0v) is 11.3. The second kappa shape index (κ2) is 8.44. The zero-order valence-electron chi connectivity index (χ0n) is 9.75. The highest BCUT2D eigenvalue weighted by molar-refractivity contribution is 9.10. The van der Waals surface area contributed by atoms with Crippen molar-refractivity contribution in [2.24, 2.45) is 0 Å². The van der Waals surface area contributed by atoms with Gasteiger partial charge in [-0.15, -0.1) is 0 Å². The molecule has 1 rings (SSSR count). The summed E-state index contributed by atoms with van der Waals surface area (Å²) >= 11 is 3.10. The van der Waals surface area contributed by atoms with Crippen LogP contribution in [0.2, 0.25) is 0 Å². The average molecular weight is 307 g/mol. The van der Waals surface area contributed by atoms with Gasteiger partial charge in [-0.2, -0.15) is 0 Å². The van der Waals surface area contributed by atoms with Gasteiger partial charge in [-0.1, -0.05) is 0 Å². The van der Waals surface area contributed by atoms with Crippen LogP contribution in [0.15, 0.2) is 22.7 Å². The Morgan fingerprint density at radius 2 is 2.00 bits per heavy atom. The van der Waals surface area contributed by atoms with Gasteiger partial charge in [-0.25, -0.2) is 4.39 Å². The molecule has 0 aliphatic carbocycles. The number of benzene rings is 1. The Balaban J connectivity index is 2.11. The average Bonchev–Trinajstić information content (AvgIpc) is 2.32. The lowest BCUT2D eigenvalue weighted by Crippen LogP contribution is -2.08. The van der Waals surface area contributed by atoms with E-state index in [1.165, 1.54) is 6.07 Å². The highest BCUT2D eigenvalue weighted by Crippen LogP contribution is 2.21. The van der Waals surface area contributed by atoms with Crippen LogP contribution in [0.4, 0.5) is 4.39 Å². The molecule has 0 N–H and O–H groups in total. The maximum Gasteiger partial charge on any atom is 0.137 e. The largest absolute Gasteiger partial charge is 0.491 e. The molecule has 0 aliphatic rings. The number of halogens is 2. The summed E-state index contributed by atoms with van der Waals surface area (Å²) < 4.78 is 28.9. The van der Waals surface area contributed by atoms with E-state index >= 15 is 0 Å². The van der Waals surface area contributed by atoms with Gasteiger partial charge in [0.25, 0.3) is 0 Å². The molecule has 0 saturated heterocycles. The molecule has 0 aromatic heterocycles. The first-order valence-corrected chi connectivity index (χ1v) is 6.18. The van der Waals surface area contributed by atoms with E-state index in [0.29, 0.717) is 36.6 Å². The summed E-state index contributed by atoms with van der Waals surface area (Å²) in [6.45, 7) is 2.32. The Kier molecular flexibility index (Phi) is 7.16. The van der Waals surface area contributed by atoms with E-state index in [1.807, 2.05) is 0 Å². The van der Waals surface area contributed by atoms with Gasteiger partial charge in [-0.05, 0) is 40.5 Å². The summed E-state index contributed by atoms with van der Waals surface area (Å²) in [7, 11) is 1.66. The van der Waals surface area contributed by atoms with Gasteiger partial charge < -0.3 is 14.2 Å². The van der Waals surface area contributed by atoms with Gasteiger partial charge in [0.2, 0.25) is 0 Å². The Morgan fingerprint density at radius 3 is 2.71 bits per heavy atom. The van der Waals surface area contributed by atoms with Crippen molar-refractivity contribution in [3.05, 3.63) is 28.5 Å². The van der Waals surface area contributed by atoms with E-state index in [4.69, 9.17) is 14.2 Å². The first-order chi connectivity index (χ1) is 8.24. The van der Waals surface area contributed by atoms with E-state index < -0.39 is 0 Å². The van der Waals surface area contributed by atoms with Crippen LogP contribution in [0.5, 0.6) is 5.75 Å². The highest BCUT2D eigenvalue weighted by Gasteiger charge is 2.00. The second-order valence-corrected chi connectivity index (χ2v) is 4.24. The predicted octanol–water partition coefficient (Wildman–Crippen LogP) is 3.02. The fraction of sp³-hybridized carbons (Fsp3) is 0.500. The van der Waals surface area contributed by atoms with Crippen molar-refractivity contribution in [2.75, 3.05) is 33.5 Å². The summed E-state index contributed by atoms with van der Waals surface area (Å²) in [5.41, 5.74) is 0. The molecule has 0 unspecified atom stereocenters. The van der Waals surface area contributed by atoms with Gasteiger partial charge >= 0.3 is 0 Å². The van der Waals surface area contributed by atoms with Gasteiger partial charge in [0.15, 0.2) is 0 Å². The third-order valence-electron chi connectivity index (χ3n) is 2.02. The third-order valence-corrected chi connectivity index (χ3v) is 2.63. The van der Waals surface area contributed by atoms with Crippen molar-refractivity contribution in [1.29, 1.82) is 0 Å². The molecule has 3 nitrogen and oxygen atoms in total. The first-order valence-electron chi connectivity index (χ1n) is 5.38. The van der Waals surface area contributed by atoms with Crippen LogP contribution in [0.25, 0.3) is 0 Å². The van der Waals surface area contributed by atoms with E-state index in [1.54, 1.807) is 19.2 Å². The van der Waals surface area contributed by atoms with E-state index in [-0.39, 0.29) is 5.82 Å². The van der Waals surface area contributed by atoms with Crippen molar-refractivity contribution < 1.29 is 18.6 Å². The van der Waals surface area contributed by atoms with Gasteiger partial charge in [-0.3, -0.25) is 0 Å². The van der Waals surface area contributed by atoms with Crippen molar-refractivity contribution >= 4 is 15.9 Å². The standard InChI is InChI=1S/C12H16BrFO3/c1-15-5-2-6-16-7-8-17-10-3-4-12(14)11(13)9-10/h3-4,9H,2,5-8H2,1H3. The molecule has 0 atom stereocenters. The lowest BCUT2D eigenvalue weighted by Gasteiger charge is -2.07. The second-order valence-electron chi connectivity index (χ2n) is 3.38. The third kappa shape index (κ3) is 6.00. The monoisotopic (exact) mass is 306 g/mol. The minimum absolute atomic E-state index is 0.298. The first kappa shape index (κ1) is 14.4. The SMILES string of the molecule is COCCCOCCOc1ccc(F)c(Br)c1. The van der Waals surface area contributed by atoms with Crippen LogP contribution in [-0.2, 0) is 9.47 Å². The maximum atomic E-state index is 12.9. The predicted molar refractivity (Wildman–Crippen MR) is 66.9 cm³/mol. The van der Waals surface area contributed by atoms with Crippen molar-refractivity contribution in [3.63, 3.8) is 0 Å². The van der Waals surface area contributed by atoms with Crippen molar-refractivity contribution in [3.8, 4) is 5.75 Å². The molecular formula is C12H16BrFO3. The Labute approximate surface area is 109 Å². The topological polar surface area (TPSA) is 27.7 Å². The summed E-state index contributed by atoms with van der Waals surface area (Å²) in [6, 6.07) is 4.55. The number of hydrogen-bond donors (Lipinski definition) is 0. The molecule has 0 heterocycles. The molecule has 0 spiro atoms. The lowest BCUT2D eigenvalue weighted by molar-refractivity contribution is 0.0806. The normalized spacial score (nSPS) is 10.5. The summed E-state index contributed by atoms with van der Waals surface area (Å²) in [6.07, 6.45) is 0.874. The zero-order chi connectivity index (χ0) is 12.5. The number of rotatable bonds is 8. The minimum Gasteiger partial charge on any atom is -0.491 e. The number of methoxy groups -OCH3 is 1. The van der Waals surface area contributed by atoms with Crippen molar-refractivity contribution in [2.45, 2.75) is 6.42 Å². The quantitative estimate of drug-likeness (QED) is 0.691. The van der Waals surface area contributed by atoms with Gasteiger partial charge in [0.05, 0.1) is 11.1 Å². The van der Waals surface area contributed by atoms with Gasteiger partial charge in [0.1, 0.15) is 18.2 Å². The Morgan fingerprint density at radius 1 is 1.18 bits per heavy atom. The van der Waals surface area contributed by atoms with Crippen LogP contribution in [0, 0.1) is 5.82 Å². The van der Waals surface area contributed by atoms with Crippen molar-refractivity contribution in [1.82, 2.24) is 0 Å². The molecule has 0 saturated carbocycles. The molecule has 96 valence electrons. The Hall–Kier alpha value is -0.650. The summed E-state index contributed by atoms with van der Waals surface area (Å²) in [5.74, 6) is 0.326. The number of hydrogen-bond acceptors (Lipinski definition) is 3. The molecule has 1 aromatic carbocycles. The van der Waals surface area contributed by atoms with Crippen LogP contribution < -0.4 is 4.74 Å². The fourth-order valence-electron chi connectivity index (χ4n) is 1.19. The van der Waals surface area contributed by atoms with Crippen LogP contribution in [0.1, 0.15) is 6.42 Å². The van der Waals surface area contributed by atoms with Crippen LogP contribution in [0.3, 0.4) is 0 Å². The molecule has 0 aliphatic heterocycles. The summed E-state index contributed by atoms with van der Waals surface area (Å²) in [5, 5.41) is 0.